The van der Waals surface area contributed by atoms with E-state index in [4.69, 9.17) is 9.47 Å². The standard InChI is InChI=1S/C17H21NO3S/c1-12-4-7-14(22-12)11-18-17(19)9-6-13-5-8-15(20-2)16(10-13)21-3/h4-5,7-8,10H,6,9,11H2,1-3H3,(H,18,19). The van der Waals surface area contributed by atoms with Gasteiger partial charge in [-0.25, -0.2) is 0 Å². The zero-order valence-corrected chi connectivity index (χ0v) is 14.0. The van der Waals surface area contributed by atoms with Gasteiger partial charge in [0.2, 0.25) is 5.91 Å². The molecular weight excluding hydrogens is 298 g/mol. The molecule has 0 aliphatic carbocycles. The van der Waals surface area contributed by atoms with Crippen molar-refractivity contribution < 1.29 is 14.3 Å². The van der Waals surface area contributed by atoms with Crippen LogP contribution in [0.2, 0.25) is 0 Å². The summed E-state index contributed by atoms with van der Waals surface area (Å²) in [5, 5.41) is 2.95. The fraction of sp³-hybridized carbons (Fsp3) is 0.353. The summed E-state index contributed by atoms with van der Waals surface area (Å²) in [6.45, 7) is 2.66. The lowest BCUT2D eigenvalue weighted by Crippen LogP contribution is -2.22. The first kappa shape index (κ1) is 16.4. The Hall–Kier alpha value is -2.01. The average molecular weight is 319 g/mol. The molecule has 0 radical (unpaired) electrons. The molecular formula is C17H21NO3S. The van der Waals surface area contributed by atoms with Gasteiger partial charge in [-0.3, -0.25) is 4.79 Å². The molecule has 0 aliphatic heterocycles. The lowest BCUT2D eigenvalue weighted by atomic mass is 10.1. The second kappa shape index (κ2) is 7.84. The van der Waals surface area contributed by atoms with Crippen molar-refractivity contribution >= 4 is 17.2 Å². The topological polar surface area (TPSA) is 47.6 Å². The Labute approximate surface area is 135 Å². The molecule has 0 fully saturated rings. The van der Waals surface area contributed by atoms with Crippen LogP contribution in [0.3, 0.4) is 0 Å². The Kier molecular flexibility index (Phi) is 5.83. The Morgan fingerprint density at radius 2 is 1.91 bits per heavy atom. The first-order valence-corrected chi connectivity index (χ1v) is 7.97. The summed E-state index contributed by atoms with van der Waals surface area (Å²) in [4.78, 5) is 14.3. The maximum absolute atomic E-state index is 11.9. The van der Waals surface area contributed by atoms with E-state index in [0.29, 0.717) is 30.9 Å². The van der Waals surface area contributed by atoms with Crippen LogP contribution in [-0.2, 0) is 17.8 Å². The van der Waals surface area contributed by atoms with Crippen LogP contribution in [0.5, 0.6) is 11.5 Å². The molecule has 0 atom stereocenters. The highest BCUT2D eigenvalue weighted by molar-refractivity contribution is 7.11. The minimum atomic E-state index is 0.0563. The third-order valence-electron chi connectivity index (χ3n) is 3.34. The van der Waals surface area contributed by atoms with Crippen molar-refractivity contribution in [3.63, 3.8) is 0 Å². The fourth-order valence-electron chi connectivity index (χ4n) is 2.15. The molecule has 1 aromatic heterocycles. The number of aryl methyl sites for hydroxylation is 2. The van der Waals surface area contributed by atoms with Gasteiger partial charge in [0.25, 0.3) is 0 Å². The largest absolute Gasteiger partial charge is 0.493 e. The molecule has 118 valence electrons. The van der Waals surface area contributed by atoms with Crippen LogP contribution >= 0.6 is 11.3 Å². The molecule has 0 saturated carbocycles. The van der Waals surface area contributed by atoms with Gasteiger partial charge in [-0.15, -0.1) is 11.3 Å². The molecule has 4 nitrogen and oxygen atoms in total. The van der Waals surface area contributed by atoms with Gasteiger partial charge in [-0.05, 0) is 43.2 Å². The number of nitrogens with one attached hydrogen (secondary N) is 1. The van der Waals surface area contributed by atoms with E-state index in [-0.39, 0.29) is 5.91 Å². The number of rotatable bonds is 7. The molecule has 0 aliphatic rings. The van der Waals surface area contributed by atoms with Gasteiger partial charge in [0.05, 0.1) is 20.8 Å². The number of carbonyl (C=O) groups is 1. The number of ether oxygens (including phenoxy) is 2. The summed E-state index contributed by atoms with van der Waals surface area (Å²) < 4.78 is 10.5. The van der Waals surface area contributed by atoms with Gasteiger partial charge < -0.3 is 14.8 Å². The quantitative estimate of drug-likeness (QED) is 0.851. The number of carbonyl (C=O) groups excluding carboxylic acids is 1. The highest BCUT2D eigenvalue weighted by Gasteiger charge is 2.07. The molecule has 2 aromatic rings. The molecule has 1 N–H and O–H groups in total. The smallest absolute Gasteiger partial charge is 0.220 e. The van der Waals surface area contributed by atoms with Crippen LogP contribution in [0.15, 0.2) is 30.3 Å². The number of thiophene rings is 1. The number of hydrogen-bond donors (Lipinski definition) is 1. The predicted octanol–water partition coefficient (Wildman–Crippen LogP) is 3.32. The van der Waals surface area contributed by atoms with Gasteiger partial charge in [0.15, 0.2) is 11.5 Å². The third-order valence-corrected chi connectivity index (χ3v) is 4.35. The zero-order valence-electron chi connectivity index (χ0n) is 13.1. The first-order valence-electron chi connectivity index (χ1n) is 7.15. The maximum atomic E-state index is 11.9. The maximum Gasteiger partial charge on any atom is 0.220 e. The second-order valence-electron chi connectivity index (χ2n) is 4.98. The molecule has 0 unspecified atom stereocenters. The van der Waals surface area contributed by atoms with E-state index in [1.54, 1.807) is 25.6 Å². The number of benzene rings is 1. The Morgan fingerprint density at radius 1 is 1.14 bits per heavy atom. The molecule has 1 amide bonds. The van der Waals surface area contributed by atoms with Gasteiger partial charge in [-0.2, -0.15) is 0 Å². The van der Waals surface area contributed by atoms with Gasteiger partial charge in [0, 0.05) is 16.2 Å². The monoisotopic (exact) mass is 319 g/mol. The zero-order chi connectivity index (χ0) is 15.9. The molecule has 1 aromatic carbocycles. The van der Waals surface area contributed by atoms with E-state index in [1.807, 2.05) is 18.2 Å². The first-order chi connectivity index (χ1) is 10.6. The summed E-state index contributed by atoms with van der Waals surface area (Å²) in [7, 11) is 3.22. The van der Waals surface area contributed by atoms with Crippen molar-refractivity contribution in [1.29, 1.82) is 0 Å². The second-order valence-corrected chi connectivity index (χ2v) is 6.35. The summed E-state index contributed by atoms with van der Waals surface area (Å²) in [5.74, 6) is 1.44. The van der Waals surface area contributed by atoms with Crippen molar-refractivity contribution in [2.45, 2.75) is 26.3 Å². The van der Waals surface area contributed by atoms with Crippen LogP contribution in [0, 0.1) is 6.92 Å². The summed E-state index contributed by atoms with van der Waals surface area (Å²) in [6, 6.07) is 9.84. The van der Waals surface area contributed by atoms with Gasteiger partial charge in [-0.1, -0.05) is 6.07 Å². The van der Waals surface area contributed by atoms with E-state index < -0.39 is 0 Å². The molecule has 0 bridgehead atoms. The average Bonchev–Trinajstić information content (AvgIpc) is 2.96. The minimum Gasteiger partial charge on any atom is -0.493 e. The predicted molar refractivity (Wildman–Crippen MR) is 88.8 cm³/mol. The normalized spacial score (nSPS) is 10.3. The van der Waals surface area contributed by atoms with Crippen LogP contribution in [0.4, 0.5) is 0 Å². The van der Waals surface area contributed by atoms with Crippen molar-refractivity contribution in [1.82, 2.24) is 5.32 Å². The van der Waals surface area contributed by atoms with Crippen molar-refractivity contribution in [3.05, 3.63) is 45.6 Å². The summed E-state index contributed by atoms with van der Waals surface area (Å²) in [6.07, 6.45) is 1.13. The fourth-order valence-corrected chi connectivity index (χ4v) is 2.98. The van der Waals surface area contributed by atoms with Crippen LogP contribution in [-0.4, -0.2) is 20.1 Å². The molecule has 0 saturated heterocycles. The lowest BCUT2D eigenvalue weighted by molar-refractivity contribution is -0.121. The third kappa shape index (κ3) is 4.49. The molecule has 2 rings (SSSR count). The van der Waals surface area contributed by atoms with Crippen molar-refractivity contribution in [2.75, 3.05) is 14.2 Å². The molecule has 5 heteroatoms. The molecule has 0 spiro atoms. The molecule has 22 heavy (non-hydrogen) atoms. The van der Waals surface area contributed by atoms with Crippen molar-refractivity contribution in [2.24, 2.45) is 0 Å². The number of hydrogen-bond acceptors (Lipinski definition) is 4. The van der Waals surface area contributed by atoms with E-state index >= 15 is 0 Å². The highest BCUT2D eigenvalue weighted by atomic mass is 32.1. The lowest BCUT2D eigenvalue weighted by Gasteiger charge is -2.09. The van der Waals surface area contributed by atoms with Crippen LogP contribution in [0.1, 0.15) is 21.7 Å². The molecule has 1 heterocycles. The van der Waals surface area contributed by atoms with E-state index in [9.17, 15) is 4.79 Å². The minimum absolute atomic E-state index is 0.0563. The Morgan fingerprint density at radius 3 is 2.55 bits per heavy atom. The Balaban J connectivity index is 1.83. The Bertz CT molecular complexity index is 637. The number of amides is 1. The SMILES string of the molecule is COc1ccc(CCC(=O)NCc2ccc(C)s2)cc1OC. The van der Waals surface area contributed by atoms with Crippen LogP contribution < -0.4 is 14.8 Å². The van der Waals surface area contributed by atoms with E-state index in [1.165, 1.54) is 9.75 Å². The van der Waals surface area contributed by atoms with Crippen LogP contribution in [0.25, 0.3) is 0 Å². The van der Waals surface area contributed by atoms with Gasteiger partial charge in [0.1, 0.15) is 0 Å². The highest BCUT2D eigenvalue weighted by Crippen LogP contribution is 2.27. The summed E-state index contributed by atoms with van der Waals surface area (Å²) in [5.41, 5.74) is 1.06. The van der Waals surface area contributed by atoms with Gasteiger partial charge >= 0.3 is 0 Å². The van der Waals surface area contributed by atoms with E-state index in [0.717, 1.165) is 5.56 Å². The van der Waals surface area contributed by atoms with Crippen molar-refractivity contribution in [3.8, 4) is 11.5 Å². The summed E-state index contributed by atoms with van der Waals surface area (Å²) >= 11 is 1.71. The number of methoxy groups -OCH3 is 2. The van der Waals surface area contributed by atoms with E-state index in [2.05, 4.69) is 24.4 Å².